The van der Waals surface area contributed by atoms with Gasteiger partial charge in [0.05, 0.1) is 14.3 Å². The zero-order valence-electron chi connectivity index (χ0n) is 9.25. The summed E-state index contributed by atoms with van der Waals surface area (Å²) in [6.07, 6.45) is 0. The first-order valence-electron chi connectivity index (χ1n) is 4.65. The third-order valence-electron chi connectivity index (χ3n) is 1.97. The van der Waals surface area contributed by atoms with Crippen molar-refractivity contribution in [1.82, 2.24) is 0 Å². The highest BCUT2D eigenvalue weighted by Gasteiger charge is 2.12. The molecule has 0 atom stereocenters. The second-order valence-corrected chi connectivity index (χ2v) is 5.51. The van der Waals surface area contributed by atoms with E-state index in [9.17, 15) is 9.59 Å². The SMILES string of the molecule is COC(=O)COc1c(I)cc(C(C)=O)cc1I. The molecule has 0 bridgehead atoms. The van der Waals surface area contributed by atoms with E-state index in [-0.39, 0.29) is 12.4 Å². The van der Waals surface area contributed by atoms with E-state index < -0.39 is 5.97 Å². The number of carbonyl (C=O) groups excluding carboxylic acids is 2. The highest BCUT2D eigenvalue weighted by Crippen LogP contribution is 2.29. The number of halogens is 2. The maximum atomic E-state index is 11.3. The fourth-order valence-electron chi connectivity index (χ4n) is 1.09. The third-order valence-corrected chi connectivity index (χ3v) is 3.57. The zero-order chi connectivity index (χ0) is 13.0. The van der Waals surface area contributed by atoms with Crippen molar-refractivity contribution in [3.05, 3.63) is 24.8 Å². The van der Waals surface area contributed by atoms with E-state index in [1.807, 2.05) is 0 Å². The van der Waals surface area contributed by atoms with E-state index in [0.717, 1.165) is 7.14 Å². The van der Waals surface area contributed by atoms with Crippen molar-refractivity contribution in [2.24, 2.45) is 0 Å². The summed E-state index contributed by atoms with van der Waals surface area (Å²) in [5.74, 6) is 0.161. The number of ether oxygens (including phenoxy) is 2. The smallest absolute Gasteiger partial charge is 0.343 e. The van der Waals surface area contributed by atoms with Gasteiger partial charge in [-0.25, -0.2) is 4.79 Å². The fraction of sp³-hybridized carbons (Fsp3) is 0.273. The van der Waals surface area contributed by atoms with Gasteiger partial charge in [0.1, 0.15) is 5.75 Å². The van der Waals surface area contributed by atoms with Crippen LogP contribution in [0.1, 0.15) is 17.3 Å². The number of carbonyl (C=O) groups is 2. The minimum atomic E-state index is -0.438. The fourth-order valence-corrected chi connectivity index (χ4v) is 3.17. The zero-order valence-corrected chi connectivity index (χ0v) is 13.6. The molecule has 0 aliphatic rings. The number of esters is 1. The first-order chi connectivity index (χ1) is 7.95. The molecule has 6 heteroatoms. The summed E-state index contributed by atoms with van der Waals surface area (Å²) in [6, 6.07) is 3.47. The lowest BCUT2D eigenvalue weighted by molar-refractivity contribution is -0.142. The molecule has 0 aromatic heterocycles. The van der Waals surface area contributed by atoms with Crippen LogP contribution < -0.4 is 4.74 Å². The Morgan fingerprint density at radius 1 is 1.24 bits per heavy atom. The van der Waals surface area contributed by atoms with Crippen LogP contribution in [0.4, 0.5) is 0 Å². The molecule has 1 rings (SSSR count). The predicted octanol–water partition coefficient (Wildman–Crippen LogP) is 2.65. The largest absolute Gasteiger partial charge is 0.480 e. The number of hydrogen-bond donors (Lipinski definition) is 0. The molecule has 0 saturated heterocycles. The summed E-state index contributed by atoms with van der Waals surface area (Å²) in [4.78, 5) is 22.2. The Balaban J connectivity index is 2.94. The lowest BCUT2D eigenvalue weighted by atomic mass is 10.1. The number of ketones is 1. The molecule has 1 aromatic carbocycles. The molecule has 1 aromatic rings. The van der Waals surface area contributed by atoms with Crippen LogP contribution in [-0.4, -0.2) is 25.5 Å². The third kappa shape index (κ3) is 4.09. The van der Waals surface area contributed by atoms with Gasteiger partial charge in [-0.05, 0) is 64.2 Å². The summed E-state index contributed by atoms with van der Waals surface area (Å²) in [7, 11) is 1.31. The molecule has 0 radical (unpaired) electrons. The van der Waals surface area contributed by atoms with Crippen molar-refractivity contribution >= 4 is 56.9 Å². The van der Waals surface area contributed by atoms with Crippen molar-refractivity contribution in [3.8, 4) is 5.75 Å². The van der Waals surface area contributed by atoms with Crippen LogP contribution in [0.25, 0.3) is 0 Å². The highest BCUT2D eigenvalue weighted by molar-refractivity contribution is 14.1. The topological polar surface area (TPSA) is 52.6 Å². The van der Waals surface area contributed by atoms with Crippen LogP contribution in [0, 0.1) is 7.14 Å². The van der Waals surface area contributed by atoms with Crippen LogP contribution in [-0.2, 0) is 9.53 Å². The lowest BCUT2D eigenvalue weighted by Gasteiger charge is -2.10. The Hall–Kier alpha value is -0.380. The molecule has 92 valence electrons. The molecule has 0 aliphatic carbocycles. The molecule has 4 nitrogen and oxygen atoms in total. The molecule has 0 unspecified atom stereocenters. The van der Waals surface area contributed by atoms with Gasteiger partial charge in [0.2, 0.25) is 0 Å². The Kier molecular flexibility index (Phi) is 5.63. The Labute approximate surface area is 126 Å². The first kappa shape index (κ1) is 14.7. The second kappa shape index (κ2) is 6.53. The minimum absolute atomic E-state index is 0.000324. The molecule has 0 heterocycles. The van der Waals surface area contributed by atoms with Gasteiger partial charge in [0.15, 0.2) is 12.4 Å². The maximum Gasteiger partial charge on any atom is 0.343 e. The normalized spacial score (nSPS) is 9.88. The quantitative estimate of drug-likeness (QED) is 0.394. The highest BCUT2D eigenvalue weighted by atomic mass is 127. The van der Waals surface area contributed by atoms with Gasteiger partial charge in [-0.1, -0.05) is 0 Å². The molecule has 17 heavy (non-hydrogen) atoms. The van der Waals surface area contributed by atoms with E-state index in [2.05, 4.69) is 49.9 Å². The van der Waals surface area contributed by atoms with Gasteiger partial charge in [-0.2, -0.15) is 0 Å². The Morgan fingerprint density at radius 3 is 2.18 bits per heavy atom. The lowest BCUT2D eigenvalue weighted by Crippen LogP contribution is -2.14. The Bertz CT molecular complexity index is 434. The van der Waals surface area contributed by atoms with Gasteiger partial charge in [-0.3, -0.25) is 4.79 Å². The maximum absolute atomic E-state index is 11.3. The van der Waals surface area contributed by atoms with Crippen LogP contribution in [0.2, 0.25) is 0 Å². The number of benzene rings is 1. The predicted molar refractivity (Wildman–Crippen MR) is 79.4 cm³/mol. The summed E-state index contributed by atoms with van der Waals surface area (Å²) in [5, 5.41) is 0. The molecule has 0 fully saturated rings. The summed E-state index contributed by atoms with van der Waals surface area (Å²) in [6.45, 7) is 1.37. The summed E-state index contributed by atoms with van der Waals surface area (Å²) < 4.78 is 11.4. The van der Waals surface area contributed by atoms with Crippen LogP contribution in [0.15, 0.2) is 12.1 Å². The Morgan fingerprint density at radius 2 is 1.76 bits per heavy atom. The van der Waals surface area contributed by atoms with Crippen LogP contribution >= 0.6 is 45.2 Å². The van der Waals surface area contributed by atoms with Crippen molar-refractivity contribution in [1.29, 1.82) is 0 Å². The van der Waals surface area contributed by atoms with Gasteiger partial charge in [0.25, 0.3) is 0 Å². The number of Topliss-reactive ketones (excluding diaryl/α,β-unsaturated/α-hetero) is 1. The molecular formula is C11H10I2O4. The van der Waals surface area contributed by atoms with Gasteiger partial charge in [0, 0.05) is 5.56 Å². The first-order valence-corrected chi connectivity index (χ1v) is 6.81. The molecule has 0 amide bonds. The van der Waals surface area contributed by atoms with Crippen molar-refractivity contribution in [2.75, 3.05) is 13.7 Å². The van der Waals surface area contributed by atoms with E-state index in [1.165, 1.54) is 14.0 Å². The molecule has 0 saturated carbocycles. The number of hydrogen-bond acceptors (Lipinski definition) is 4. The minimum Gasteiger partial charge on any atom is -0.480 e. The number of methoxy groups -OCH3 is 1. The van der Waals surface area contributed by atoms with Gasteiger partial charge < -0.3 is 9.47 Å². The molecule has 0 N–H and O–H groups in total. The van der Waals surface area contributed by atoms with Crippen LogP contribution in [0.5, 0.6) is 5.75 Å². The number of rotatable bonds is 4. The van der Waals surface area contributed by atoms with Gasteiger partial charge in [-0.15, -0.1) is 0 Å². The monoisotopic (exact) mass is 460 g/mol. The van der Waals surface area contributed by atoms with E-state index in [4.69, 9.17) is 4.74 Å². The molecular weight excluding hydrogens is 450 g/mol. The molecule has 0 aliphatic heterocycles. The van der Waals surface area contributed by atoms with E-state index in [0.29, 0.717) is 11.3 Å². The van der Waals surface area contributed by atoms with Crippen molar-refractivity contribution < 1.29 is 19.1 Å². The standard InChI is InChI=1S/C11H10I2O4/c1-6(14)7-3-8(12)11(9(13)4-7)17-5-10(15)16-2/h3-4H,5H2,1-2H3. The average molecular weight is 460 g/mol. The van der Waals surface area contributed by atoms with Gasteiger partial charge >= 0.3 is 5.97 Å². The van der Waals surface area contributed by atoms with Crippen molar-refractivity contribution in [3.63, 3.8) is 0 Å². The summed E-state index contributed by atoms with van der Waals surface area (Å²) in [5.41, 5.74) is 0.629. The van der Waals surface area contributed by atoms with Crippen LogP contribution in [0.3, 0.4) is 0 Å². The van der Waals surface area contributed by atoms with E-state index >= 15 is 0 Å². The van der Waals surface area contributed by atoms with Crippen molar-refractivity contribution in [2.45, 2.75) is 6.92 Å². The molecule has 0 spiro atoms. The second-order valence-electron chi connectivity index (χ2n) is 3.19. The summed E-state index contributed by atoms with van der Waals surface area (Å²) >= 11 is 4.14. The van der Waals surface area contributed by atoms with E-state index in [1.54, 1.807) is 12.1 Å². The average Bonchev–Trinajstić information content (AvgIpc) is 2.27.